The summed E-state index contributed by atoms with van der Waals surface area (Å²) in [6.07, 6.45) is 0. The van der Waals surface area contributed by atoms with Crippen molar-refractivity contribution in [3.63, 3.8) is 0 Å². The number of aromatic nitrogens is 1. The van der Waals surface area contributed by atoms with E-state index in [2.05, 4.69) is 4.98 Å². The van der Waals surface area contributed by atoms with Crippen molar-refractivity contribution in [2.45, 2.75) is 18.0 Å². The third-order valence-electron chi connectivity index (χ3n) is 5.44. The van der Waals surface area contributed by atoms with Gasteiger partial charge in [0.05, 0.1) is 19.1 Å². The van der Waals surface area contributed by atoms with Crippen molar-refractivity contribution < 1.29 is 22.3 Å². The van der Waals surface area contributed by atoms with E-state index >= 15 is 0 Å². The topological polar surface area (TPSA) is 88.7 Å². The molecule has 0 atom stereocenters. The zero-order valence-corrected chi connectivity index (χ0v) is 19.4. The van der Waals surface area contributed by atoms with Crippen LogP contribution in [0.4, 0.5) is 4.39 Å². The highest BCUT2D eigenvalue weighted by molar-refractivity contribution is 7.89. The number of hydrogen-bond acceptors (Lipinski definition) is 5. The molecule has 1 N–H and O–H groups in total. The average Bonchev–Trinajstić information content (AvgIpc) is 2.85. The molecule has 0 aliphatic rings. The maximum absolute atomic E-state index is 13.6. The lowest BCUT2D eigenvalue weighted by Crippen LogP contribution is -2.32. The SMILES string of the molecule is COc1ccc(S(=O)(=O)N(Cc2ccc(F)cc2)Cc2cc3cc(OC)ccc3[nH]c2=O)cc1. The Bertz CT molecular complexity index is 1470. The Morgan fingerprint density at radius 2 is 1.50 bits per heavy atom. The second kappa shape index (κ2) is 9.66. The van der Waals surface area contributed by atoms with Crippen molar-refractivity contribution in [1.29, 1.82) is 0 Å². The third kappa shape index (κ3) is 4.95. The lowest BCUT2D eigenvalue weighted by atomic mass is 10.1. The van der Waals surface area contributed by atoms with Crippen LogP contribution in [0.2, 0.25) is 0 Å². The standard InChI is InChI=1S/C25H23FN2O5S/c1-32-21-7-10-23(11-8-21)34(30,31)28(15-17-3-5-20(26)6-4-17)16-19-13-18-14-22(33-2)9-12-24(18)27-25(19)29/h3-14H,15-16H2,1-2H3,(H,27,29). The Balaban J connectivity index is 1.76. The van der Waals surface area contributed by atoms with Gasteiger partial charge in [0.15, 0.2) is 0 Å². The van der Waals surface area contributed by atoms with Gasteiger partial charge in [-0.25, -0.2) is 12.8 Å². The number of rotatable bonds is 8. The Hall–Kier alpha value is -3.69. The molecule has 0 fully saturated rings. The highest BCUT2D eigenvalue weighted by atomic mass is 32.2. The van der Waals surface area contributed by atoms with Gasteiger partial charge in [-0.2, -0.15) is 4.31 Å². The fourth-order valence-electron chi connectivity index (χ4n) is 3.58. The van der Waals surface area contributed by atoms with Crippen LogP contribution in [0.15, 0.2) is 82.5 Å². The number of hydrogen-bond donors (Lipinski definition) is 1. The third-order valence-corrected chi connectivity index (χ3v) is 7.25. The van der Waals surface area contributed by atoms with E-state index < -0.39 is 21.4 Å². The molecule has 3 aromatic carbocycles. The van der Waals surface area contributed by atoms with Gasteiger partial charge in [0.2, 0.25) is 10.0 Å². The van der Waals surface area contributed by atoms with Gasteiger partial charge in [0.25, 0.3) is 5.56 Å². The Labute approximate surface area is 196 Å². The predicted octanol–water partition coefficient (Wildman–Crippen LogP) is 4.08. The van der Waals surface area contributed by atoms with E-state index in [1.807, 2.05) is 0 Å². The minimum Gasteiger partial charge on any atom is -0.497 e. The number of halogens is 1. The van der Waals surface area contributed by atoms with Gasteiger partial charge in [-0.05, 0) is 66.2 Å². The van der Waals surface area contributed by atoms with Crippen molar-refractivity contribution in [2.75, 3.05) is 14.2 Å². The van der Waals surface area contributed by atoms with Crippen LogP contribution in [0.3, 0.4) is 0 Å². The van der Waals surface area contributed by atoms with E-state index in [0.717, 1.165) is 0 Å². The molecule has 4 aromatic rings. The fourth-order valence-corrected chi connectivity index (χ4v) is 4.99. The second-order valence-corrected chi connectivity index (χ2v) is 9.59. The molecule has 7 nitrogen and oxygen atoms in total. The molecule has 0 aliphatic heterocycles. The van der Waals surface area contributed by atoms with E-state index in [4.69, 9.17) is 9.47 Å². The number of H-pyrrole nitrogens is 1. The van der Waals surface area contributed by atoms with Crippen LogP contribution in [-0.4, -0.2) is 31.9 Å². The van der Waals surface area contributed by atoms with E-state index in [0.29, 0.717) is 28.0 Å². The molecule has 9 heteroatoms. The summed E-state index contributed by atoms with van der Waals surface area (Å²) in [7, 11) is -0.976. The summed E-state index contributed by atoms with van der Waals surface area (Å²) in [6, 6.07) is 18.4. The number of nitrogens with zero attached hydrogens (tertiary/aromatic N) is 1. The van der Waals surface area contributed by atoms with Crippen LogP contribution in [0, 0.1) is 5.82 Å². The molecule has 0 bridgehead atoms. The number of fused-ring (bicyclic) bond motifs is 1. The summed E-state index contributed by atoms with van der Waals surface area (Å²) in [5.41, 5.74) is 1.06. The smallest absolute Gasteiger partial charge is 0.252 e. The van der Waals surface area contributed by atoms with Crippen LogP contribution in [0.25, 0.3) is 10.9 Å². The summed E-state index contributed by atoms with van der Waals surface area (Å²) in [5, 5.41) is 0.706. The van der Waals surface area contributed by atoms with Crippen molar-refractivity contribution in [1.82, 2.24) is 9.29 Å². The maximum atomic E-state index is 13.6. The first-order valence-electron chi connectivity index (χ1n) is 10.4. The average molecular weight is 483 g/mol. The van der Waals surface area contributed by atoms with Crippen LogP contribution < -0.4 is 15.0 Å². The van der Waals surface area contributed by atoms with Gasteiger partial charge in [-0.1, -0.05) is 12.1 Å². The molecule has 34 heavy (non-hydrogen) atoms. The number of methoxy groups -OCH3 is 2. The van der Waals surface area contributed by atoms with Crippen LogP contribution in [-0.2, 0) is 23.1 Å². The Morgan fingerprint density at radius 1 is 0.853 bits per heavy atom. The van der Waals surface area contributed by atoms with Crippen LogP contribution >= 0.6 is 0 Å². The van der Waals surface area contributed by atoms with Crippen molar-refractivity contribution in [2.24, 2.45) is 0 Å². The lowest BCUT2D eigenvalue weighted by molar-refractivity contribution is 0.398. The molecule has 0 amide bonds. The molecular formula is C25H23FN2O5S. The van der Waals surface area contributed by atoms with Gasteiger partial charge >= 0.3 is 0 Å². The van der Waals surface area contributed by atoms with Crippen molar-refractivity contribution in [3.05, 3.63) is 100 Å². The number of benzene rings is 3. The monoisotopic (exact) mass is 482 g/mol. The quantitative estimate of drug-likeness (QED) is 0.409. The molecule has 0 saturated carbocycles. The van der Waals surface area contributed by atoms with Gasteiger partial charge in [0.1, 0.15) is 17.3 Å². The number of ether oxygens (including phenoxy) is 2. The van der Waals surface area contributed by atoms with Crippen LogP contribution in [0.1, 0.15) is 11.1 Å². The second-order valence-electron chi connectivity index (χ2n) is 7.65. The summed E-state index contributed by atoms with van der Waals surface area (Å²) in [4.78, 5) is 15.6. The number of aromatic amines is 1. The first-order chi connectivity index (χ1) is 16.3. The molecule has 0 saturated heterocycles. The zero-order valence-electron chi connectivity index (χ0n) is 18.6. The van der Waals surface area contributed by atoms with E-state index in [1.165, 1.54) is 47.8 Å². The summed E-state index contributed by atoms with van der Waals surface area (Å²) in [5.74, 6) is 0.705. The molecule has 0 spiro atoms. The summed E-state index contributed by atoms with van der Waals surface area (Å²) >= 11 is 0. The van der Waals surface area contributed by atoms with Gasteiger partial charge in [0, 0.05) is 29.6 Å². The minimum absolute atomic E-state index is 0.0503. The maximum Gasteiger partial charge on any atom is 0.252 e. The van der Waals surface area contributed by atoms with E-state index in [-0.39, 0.29) is 23.5 Å². The predicted molar refractivity (Wildman–Crippen MR) is 127 cm³/mol. The minimum atomic E-state index is -4.01. The van der Waals surface area contributed by atoms with Gasteiger partial charge in [-0.15, -0.1) is 0 Å². The first kappa shape index (κ1) is 23.5. The number of nitrogens with one attached hydrogen (secondary N) is 1. The molecule has 176 valence electrons. The summed E-state index contributed by atoms with van der Waals surface area (Å²) in [6.45, 7) is -0.238. The van der Waals surface area contributed by atoms with Gasteiger partial charge in [-0.3, -0.25) is 4.79 Å². The van der Waals surface area contributed by atoms with E-state index in [1.54, 1.807) is 43.5 Å². The molecule has 4 rings (SSSR count). The molecule has 1 heterocycles. The highest BCUT2D eigenvalue weighted by Crippen LogP contribution is 2.24. The highest BCUT2D eigenvalue weighted by Gasteiger charge is 2.26. The van der Waals surface area contributed by atoms with E-state index in [9.17, 15) is 17.6 Å². The lowest BCUT2D eigenvalue weighted by Gasteiger charge is -2.22. The Kier molecular flexibility index (Phi) is 6.67. The first-order valence-corrected chi connectivity index (χ1v) is 11.8. The molecule has 0 radical (unpaired) electrons. The van der Waals surface area contributed by atoms with Crippen LogP contribution in [0.5, 0.6) is 11.5 Å². The van der Waals surface area contributed by atoms with Crippen molar-refractivity contribution in [3.8, 4) is 11.5 Å². The summed E-state index contributed by atoms with van der Waals surface area (Å²) < 4.78 is 52.1. The van der Waals surface area contributed by atoms with Crippen molar-refractivity contribution >= 4 is 20.9 Å². The molecule has 0 aliphatic carbocycles. The Morgan fingerprint density at radius 3 is 2.15 bits per heavy atom. The fraction of sp³-hybridized carbons (Fsp3) is 0.160. The molecule has 1 aromatic heterocycles. The van der Waals surface area contributed by atoms with Gasteiger partial charge < -0.3 is 14.5 Å². The molecule has 0 unspecified atom stereocenters. The zero-order chi connectivity index (χ0) is 24.3. The number of pyridine rings is 1. The number of sulfonamides is 1. The largest absolute Gasteiger partial charge is 0.497 e. The molecular weight excluding hydrogens is 459 g/mol. The normalized spacial score (nSPS) is 11.6.